The topological polar surface area (TPSA) is 46.2 Å². The van der Waals surface area contributed by atoms with Crippen molar-refractivity contribution in [1.29, 1.82) is 0 Å². The van der Waals surface area contributed by atoms with E-state index in [1.54, 1.807) is 5.57 Å². The lowest BCUT2D eigenvalue weighted by Crippen LogP contribution is -2.25. The van der Waals surface area contributed by atoms with Gasteiger partial charge >= 0.3 is 0 Å². The van der Waals surface area contributed by atoms with E-state index in [0.29, 0.717) is 24.3 Å². The van der Waals surface area contributed by atoms with E-state index in [-0.39, 0.29) is 5.75 Å². The first-order valence-corrected chi connectivity index (χ1v) is 11.7. The van der Waals surface area contributed by atoms with Crippen molar-refractivity contribution in [3.05, 3.63) is 58.2 Å². The lowest BCUT2D eigenvalue weighted by atomic mass is 9.72. The summed E-state index contributed by atoms with van der Waals surface area (Å²) >= 11 is 0. The highest BCUT2D eigenvalue weighted by Crippen LogP contribution is 2.44. The first-order chi connectivity index (χ1) is 12.3. The fraction of sp³-hybridized carbons (Fsp3) is 0.545. The second-order valence-electron chi connectivity index (χ2n) is 8.07. The lowest BCUT2D eigenvalue weighted by molar-refractivity contribution is 0.456. The number of benzene rings is 1. The van der Waals surface area contributed by atoms with Crippen molar-refractivity contribution in [2.24, 2.45) is 5.92 Å². The molecule has 3 atom stereocenters. The van der Waals surface area contributed by atoms with Crippen molar-refractivity contribution >= 4 is 9.84 Å². The van der Waals surface area contributed by atoms with Gasteiger partial charge in [-0.2, -0.15) is 0 Å². The summed E-state index contributed by atoms with van der Waals surface area (Å²) in [6, 6.07) is 6.97. The molecule has 1 aromatic rings. The van der Waals surface area contributed by atoms with Crippen LogP contribution in [0.3, 0.4) is 0 Å². The summed E-state index contributed by atoms with van der Waals surface area (Å²) in [6.07, 6.45) is 9.96. The summed E-state index contributed by atoms with van der Waals surface area (Å²) in [5.41, 5.74) is 6.91. The number of allylic oxidation sites excluding steroid dienone is 4. The molecule has 1 aromatic carbocycles. The molecule has 3 rings (SSSR count). The molecule has 0 amide bonds. The van der Waals surface area contributed by atoms with Crippen molar-refractivity contribution in [2.75, 3.05) is 19.1 Å². The number of hydrogen-bond acceptors (Lipinski definition) is 3. The number of fused-ring (bicyclic) bond motifs is 1. The normalized spacial score (nSPS) is 26.1. The Labute approximate surface area is 158 Å². The van der Waals surface area contributed by atoms with Gasteiger partial charge in [0.15, 0.2) is 0 Å². The first kappa shape index (κ1) is 19.4. The molecule has 0 saturated heterocycles. The second-order valence-corrected chi connectivity index (χ2v) is 10.3. The highest BCUT2D eigenvalue weighted by atomic mass is 32.2. The number of sulfone groups is 1. The Morgan fingerprint density at radius 2 is 1.92 bits per heavy atom. The van der Waals surface area contributed by atoms with Crippen LogP contribution in [-0.4, -0.2) is 27.5 Å². The van der Waals surface area contributed by atoms with Crippen LogP contribution in [-0.2, 0) is 16.3 Å². The van der Waals surface area contributed by atoms with E-state index in [1.165, 1.54) is 29.4 Å². The molecular formula is C22H31NO2S. The monoisotopic (exact) mass is 373 g/mol. The van der Waals surface area contributed by atoms with Gasteiger partial charge in [0, 0.05) is 18.2 Å². The molecule has 0 aliphatic heterocycles. The standard InChI is InChI=1S/C22H31NO2S/c1-15-5-7-18(13-16(15)2)19-9-10-22(23-3)21-14-17(6-8-20(19)21)11-12-26(4,24)25/h5-8,14,16,19,22-23H,9-13H2,1-4H3/t16?,19-,22-/m0/s1. The summed E-state index contributed by atoms with van der Waals surface area (Å²) < 4.78 is 23.0. The number of aryl methyl sites for hydroxylation is 1. The zero-order chi connectivity index (χ0) is 18.9. The van der Waals surface area contributed by atoms with Crippen LogP contribution in [0.5, 0.6) is 0 Å². The second kappa shape index (κ2) is 7.69. The summed E-state index contributed by atoms with van der Waals surface area (Å²) in [5, 5.41) is 3.45. The molecule has 2 aliphatic rings. The predicted molar refractivity (Wildman–Crippen MR) is 109 cm³/mol. The molecule has 1 N–H and O–H groups in total. The summed E-state index contributed by atoms with van der Waals surface area (Å²) in [7, 11) is -0.913. The van der Waals surface area contributed by atoms with Crippen LogP contribution >= 0.6 is 0 Å². The Morgan fingerprint density at radius 1 is 1.15 bits per heavy atom. The quantitative estimate of drug-likeness (QED) is 0.836. The first-order valence-electron chi connectivity index (χ1n) is 9.63. The molecule has 0 aromatic heterocycles. The van der Waals surface area contributed by atoms with Gasteiger partial charge in [0.2, 0.25) is 0 Å². The molecular weight excluding hydrogens is 342 g/mol. The third kappa shape index (κ3) is 4.29. The highest BCUT2D eigenvalue weighted by molar-refractivity contribution is 7.90. The van der Waals surface area contributed by atoms with Gasteiger partial charge in [-0.3, -0.25) is 0 Å². The van der Waals surface area contributed by atoms with E-state index in [4.69, 9.17) is 0 Å². The summed E-state index contributed by atoms with van der Waals surface area (Å²) in [6.45, 7) is 4.53. The SMILES string of the molecule is CN[C@H]1CC[C@@H](C2=CC=C(C)C(C)C2)c2ccc(CCS(C)(=O)=O)cc21. The van der Waals surface area contributed by atoms with Gasteiger partial charge in [0.25, 0.3) is 0 Å². The Morgan fingerprint density at radius 3 is 2.58 bits per heavy atom. The predicted octanol–water partition coefficient (Wildman–Crippen LogP) is 4.32. The Hall–Kier alpha value is -1.39. The van der Waals surface area contributed by atoms with Gasteiger partial charge in [-0.25, -0.2) is 8.42 Å². The van der Waals surface area contributed by atoms with Gasteiger partial charge in [-0.15, -0.1) is 0 Å². The third-order valence-electron chi connectivity index (χ3n) is 6.08. The van der Waals surface area contributed by atoms with Gasteiger partial charge < -0.3 is 5.32 Å². The van der Waals surface area contributed by atoms with Crippen LogP contribution in [0.2, 0.25) is 0 Å². The fourth-order valence-corrected chi connectivity index (χ4v) is 4.88. The molecule has 0 radical (unpaired) electrons. The van der Waals surface area contributed by atoms with Crippen LogP contribution in [0.15, 0.2) is 41.5 Å². The average molecular weight is 374 g/mol. The van der Waals surface area contributed by atoms with Crippen LogP contribution in [0.4, 0.5) is 0 Å². The molecule has 0 spiro atoms. The maximum absolute atomic E-state index is 11.5. The fourth-order valence-electron chi connectivity index (χ4n) is 4.28. The lowest BCUT2D eigenvalue weighted by Gasteiger charge is -2.35. The van der Waals surface area contributed by atoms with Crippen molar-refractivity contribution in [2.45, 2.75) is 51.5 Å². The molecule has 0 fully saturated rings. The maximum atomic E-state index is 11.5. The molecule has 2 aliphatic carbocycles. The molecule has 0 bridgehead atoms. The van der Waals surface area contributed by atoms with E-state index in [1.807, 2.05) is 7.05 Å². The van der Waals surface area contributed by atoms with Gasteiger partial charge in [-0.1, -0.05) is 48.4 Å². The van der Waals surface area contributed by atoms with E-state index in [2.05, 4.69) is 49.5 Å². The molecule has 3 nitrogen and oxygen atoms in total. The summed E-state index contributed by atoms with van der Waals surface area (Å²) in [4.78, 5) is 0. The van der Waals surface area contributed by atoms with Gasteiger partial charge in [0.05, 0.1) is 5.75 Å². The number of nitrogens with one attached hydrogen (secondary N) is 1. The van der Waals surface area contributed by atoms with E-state index in [0.717, 1.165) is 18.4 Å². The highest BCUT2D eigenvalue weighted by Gasteiger charge is 2.30. The van der Waals surface area contributed by atoms with Crippen molar-refractivity contribution in [3.63, 3.8) is 0 Å². The minimum Gasteiger partial charge on any atom is -0.313 e. The Balaban J connectivity index is 1.92. The van der Waals surface area contributed by atoms with E-state index < -0.39 is 9.84 Å². The Kier molecular flexibility index (Phi) is 5.73. The average Bonchev–Trinajstić information content (AvgIpc) is 2.60. The third-order valence-corrected chi connectivity index (χ3v) is 7.03. The molecule has 142 valence electrons. The van der Waals surface area contributed by atoms with Crippen LogP contribution in [0, 0.1) is 5.92 Å². The van der Waals surface area contributed by atoms with Gasteiger partial charge in [-0.05, 0) is 62.3 Å². The molecule has 1 unspecified atom stereocenters. The molecule has 26 heavy (non-hydrogen) atoms. The largest absolute Gasteiger partial charge is 0.313 e. The smallest absolute Gasteiger partial charge is 0.147 e. The number of rotatable bonds is 5. The van der Waals surface area contributed by atoms with Crippen LogP contribution in [0.1, 0.15) is 61.8 Å². The van der Waals surface area contributed by atoms with Gasteiger partial charge in [0.1, 0.15) is 9.84 Å². The summed E-state index contributed by atoms with van der Waals surface area (Å²) in [5.74, 6) is 1.33. The van der Waals surface area contributed by atoms with Crippen molar-refractivity contribution < 1.29 is 8.42 Å². The van der Waals surface area contributed by atoms with Crippen LogP contribution in [0.25, 0.3) is 0 Å². The number of hydrogen-bond donors (Lipinski definition) is 1. The molecule has 4 heteroatoms. The van der Waals surface area contributed by atoms with E-state index >= 15 is 0 Å². The van der Waals surface area contributed by atoms with Crippen molar-refractivity contribution in [1.82, 2.24) is 5.32 Å². The van der Waals surface area contributed by atoms with Crippen molar-refractivity contribution in [3.8, 4) is 0 Å². The minimum atomic E-state index is -2.93. The Bertz CT molecular complexity index is 836. The van der Waals surface area contributed by atoms with Crippen LogP contribution < -0.4 is 5.32 Å². The molecule has 0 heterocycles. The van der Waals surface area contributed by atoms with E-state index in [9.17, 15) is 8.42 Å². The minimum absolute atomic E-state index is 0.214. The zero-order valence-electron chi connectivity index (χ0n) is 16.4. The maximum Gasteiger partial charge on any atom is 0.147 e. The zero-order valence-corrected chi connectivity index (χ0v) is 17.2. The molecule has 0 saturated carbocycles.